The van der Waals surface area contributed by atoms with Gasteiger partial charge in [0.2, 0.25) is 0 Å². The van der Waals surface area contributed by atoms with E-state index in [1.807, 2.05) is 0 Å². The van der Waals surface area contributed by atoms with E-state index in [2.05, 4.69) is 33.8 Å². The zero-order chi connectivity index (χ0) is 12.3. The van der Waals surface area contributed by atoms with Gasteiger partial charge in [-0.2, -0.15) is 0 Å². The van der Waals surface area contributed by atoms with E-state index < -0.39 is 0 Å². The van der Waals surface area contributed by atoms with E-state index in [1.54, 1.807) is 0 Å². The average molecular weight is 236 g/mol. The van der Waals surface area contributed by atoms with Crippen LogP contribution in [0.1, 0.15) is 47.0 Å². The molecule has 3 rings (SSSR count). The van der Waals surface area contributed by atoms with Crippen molar-refractivity contribution in [3.63, 3.8) is 0 Å². The van der Waals surface area contributed by atoms with Crippen molar-refractivity contribution >= 4 is 7.12 Å². The molecule has 0 aliphatic carbocycles. The molecule has 0 N–H and O–H groups in total. The van der Waals surface area contributed by atoms with E-state index in [-0.39, 0.29) is 18.3 Å². The molecule has 3 heterocycles. The smallest absolute Gasteiger partial charge is 0.400 e. The quantitative estimate of drug-likeness (QED) is 0.654. The highest BCUT2D eigenvalue weighted by atomic mass is 16.7. The van der Waals surface area contributed by atoms with Crippen LogP contribution in [0.25, 0.3) is 0 Å². The Morgan fingerprint density at radius 2 is 1.76 bits per heavy atom. The molecule has 0 aromatic heterocycles. The molecule has 0 amide bonds. The second kappa shape index (κ2) is 3.59. The molecule has 0 aromatic carbocycles. The molecule has 3 aliphatic rings. The summed E-state index contributed by atoms with van der Waals surface area (Å²) in [6.07, 6.45) is 6.18. The van der Waals surface area contributed by atoms with Gasteiger partial charge in [-0.1, -0.05) is 6.08 Å². The minimum atomic E-state index is -0.240. The number of rotatable bonds is 1. The molecule has 4 heteroatoms. The highest BCUT2D eigenvalue weighted by Crippen LogP contribution is 2.41. The Morgan fingerprint density at radius 3 is 2.35 bits per heavy atom. The SMILES string of the molecule is CC1(C)OB(C2=C[C@H]3CC[C@@H](C2)O3)OC1(C)C. The van der Waals surface area contributed by atoms with Crippen molar-refractivity contribution in [2.45, 2.75) is 70.4 Å². The van der Waals surface area contributed by atoms with Gasteiger partial charge < -0.3 is 14.0 Å². The monoisotopic (exact) mass is 236 g/mol. The Hall–Kier alpha value is -0.315. The molecule has 94 valence electrons. The van der Waals surface area contributed by atoms with Crippen molar-refractivity contribution < 1.29 is 14.0 Å². The molecule has 0 saturated carbocycles. The summed E-state index contributed by atoms with van der Waals surface area (Å²) in [4.78, 5) is 0. The molecule has 3 aliphatic heterocycles. The van der Waals surface area contributed by atoms with Crippen molar-refractivity contribution in [1.82, 2.24) is 0 Å². The molecular formula is C13H21BO3. The van der Waals surface area contributed by atoms with E-state index in [9.17, 15) is 0 Å². The first-order chi connectivity index (χ1) is 7.87. The van der Waals surface area contributed by atoms with E-state index in [0.717, 1.165) is 12.8 Å². The molecule has 17 heavy (non-hydrogen) atoms. The Bertz CT molecular complexity index is 346. The van der Waals surface area contributed by atoms with Crippen LogP contribution < -0.4 is 0 Å². The van der Waals surface area contributed by atoms with Crippen molar-refractivity contribution in [3.05, 3.63) is 11.5 Å². The molecule has 2 atom stereocenters. The minimum Gasteiger partial charge on any atom is -0.400 e. The summed E-state index contributed by atoms with van der Waals surface area (Å²) in [5.41, 5.74) is 0.800. The van der Waals surface area contributed by atoms with E-state index in [0.29, 0.717) is 12.2 Å². The van der Waals surface area contributed by atoms with Crippen LogP contribution in [-0.2, 0) is 14.0 Å². The molecule has 0 spiro atoms. The Labute approximate surface area is 104 Å². The van der Waals surface area contributed by atoms with Crippen LogP contribution >= 0.6 is 0 Å². The second-order valence-corrected chi connectivity index (χ2v) is 6.41. The zero-order valence-corrected chi connectivity index (χ0v) is 11.2. The summed E-state index contributed by atoms with van der Waals surface area (Å²) < 4.78 is 18.0. The van der Waals surface area contributed by atoms with E-state index >= 15 is 0 Å². The first-order valence-electron chi connectivity index (χ1n) is 6.59. The maximum atomic E-state index is 6.08. The van der Waals surface area contributed by atoms with Gasteiger partial charge in [-0.15, -0.1) is 0 Å². The van der Waals surface area contributed by atoms with Gasteiger partial charge in [0.1, 0.15) is 0 Å². The third kappa shape index (κ3) is 1.87. The third-order valence-electron chi connectivity index (χ3n) is 4.56. The fourth-order valence-corrected chi connectivity index (χ4v) is 2.75. The number of ether oxygens (including phenoxy) is 1. The lowest BCUT2D eigenvalue weighted by atomic mass is 9.74. The van der Waals surface area contributed by atoms with Gasteiger partial charge in [-0.05, 0) is 52.4 Å². The number of hydrogen-bond donors (Lipinski definition) is 0. The van der Waals surface area contributed by atoms with Gasteiger partial charge in [0.05, 0.1) is 23.4 Å². The van der Waals surface area contributed by atoms with Crippen LogP contribution in [0.4, 0.5) is 0 Å². The van der Waals surface area contributed by atoms with Crippen molar-refractivity contribution in [3.8, 4) is 0 Å². The van der Waals surface area contributed by atoms with Gasteiger partial charge in [0.15, 0.2) is 0 Å². The molecular weight excluding hydrogens is 215 g/mol. The highest BCUT2D eigenvalue weighted by Gasteiger charge is 2.53. The Morgan fingerprint density at radius 1 is 1.12 bits per heavy atom. The average Bonchev–Trinajstić information content (AvgIpc) is 2.65. The first kappa shape index (κ1) is 11.8. The lowest BCUT2D eigenvalue weighted by Crippen LogP contribution is -2.41. The maximum absolute atomic E-state index is 6.08. The fourth-order valence-electron chi connectivity index (χ4n) is 2.75. The van der Waals surface area contributed by atoms with Crippen molar-refractivity contribution in [2.24, 2.45) is 0 Å². The largest absolute Gasteiger partial charge is 0.490 e. The van der Waals surface area contributed by atoms with Crippen LogP contribution in [-0.4, -0.2) is 30.5 Å². The second-order valence-electron chi connectivity index (χ2n) is 6.41. The van der Waals surface area contributed by atoms with Crippen molar-refractivity contribution in [1.29, 1.82) is 0 Å². The highest BCUT2D eigenvalue weighted by molar-refractivity contribution is 6.54. The molecule has 3 nitrogen and oxygen atoms in total. The predicted molar refractivity (Wildman–Crippen MR) is 66.7 cm³/mol. The van der Waals surface area contributed by atoms with Crippen LogP contribution in [0.15, 0.2) is 11.5 Å². The maximum Gasteiger partial charge on any atom is 0.490 e. The molecule has 2 fully saturated rings. The third-order valence-corrected chi connectivity index (χ3v) is 4.56. The van der Waals surface area contributed by atoms with E-state index in [1.165, 1.54) is 11.9 Å². The number of fused-ring (bicyclic) bond motifs is 2. The molecule has 2 bridgehead atoms. The van der Waals surface area contributed by atoms with Crippen LogP contribution in [0.3, 0.4) is 0 Å². The van der Waals surface area contributed by atoms with Crippen LogP contribution in [0.2, 0.25) is 0 Å². The Balaban J connectivity index is 1.79. The van der Waals surface area contributed by atoms with Gasteiger partial charge in [0.25, 0.3) is 0 Å². The van der Waals surface area contributed by atoms with Gasteiger partial charge >= 0.3 is 7.12 Å². The summed E-state index contributed by atoms with van der Waals surface area (Å²) in [5.74, 6) is 0. The first-order valence-corrected chi connectivity index (χ1v) is 6.59. The normalized spacial score (nSPS) is 38.4. The molecule has 0 unspecified atom stereocenters. The van der Waals surface area contributed by atoms with Crippen LogP contribution in [0.5, 0.6) is 0 Å². The molecule has 2 saturated heterocycles. The topological polar surface area (TPSA) is 27.7 Å². The summed E-state index contributed by atoms with van der Waals surface area (Å²) >= 11 is 0. The van der Waals surface area contributed by atoms with Gasteiger partial charge in [0, 0.05) is 0 Å². The minimum absolute atomic E-state index is 0.174. The van der Waals surface area contributed by atoms with Crippen molar-refractivity contribution in [2.75, 3.05) is 0 Å². The fraction of sp³-hybridized carbons (Fsp3) is 0.846. The van der Waals surface area contributed by atoms with Crippen LogP contribution in [0, 0.1) is 0 Å². The lowest BCUT2D eigenvalue weighted by Gasteiger charge is -2.32. The number of hydrogen-bond acceptors (Lipinski definition) is 3. The molecule has 0 radical (unpaired) electrons. The summed E-state index contributed by atoms with van der Waals surface area (Å²) in [6, 6.07) is 0. The summed E-state index contributed by atoms with van der Waals surface area (Å²) in [7, 11) is -0.174. The zero-order valence-electron chi connectivity index (χ0n) is 11.2. The standard InChI is InChI=1S/C13H21BO3/c1-12(2)13(3,4)17-14(16-12)9-7-10-5-6-11(8-9)15-10/h7,10-11H,5-6,8H2,1-4H3/t10-,11+/m1/s1. The summed E-state index contributed by atoms with van der Waals surface area (Å²) in [6.45, 7) is 8.39. The predicted octanol–water partition coefficient (Wildman–Crippen LogP) is 2.50. The molecule has 0 aromatic rings. The summed E-state index contributed by atoms with van der Waals surface area (Å²) in [5, 5.41) is 0. The van der Waals surface area contributed by atoms with Gasteiger partial charge in [-0.3, -0.25) is 0 Å². The lowest BCUT2D eigenvalue weighted by molar-refractivity contribution is 0.00578. The Kier molecular flexibility index (Phi) is 2.48. The van der Waals surface area contributed by atoms with Gasteiger partial charge in [-0.25, -0.2) is 0 Å². The van der Waals surface area contributed by atoms with E-state index in [4.69, 9.17) is 14.0 Å².